The number of benzene rings is 1. The molecule has 0 saturated carbocycles. The first-order valence-electron chi connectivity index (χ1n) is 11.0. The molecule has 1 saturated heterocycles. The minimum atomic E-state index is -0.388. The van der Waals surface area contributed by atoms with E-state index in [9.17, 15) is 14.9 Å². The van der Waals surface area contributed by atoms with Crippen molar-refractivity contribution in [2.24, 2.45) is 5.92 Å². The molecule has 0 aromatic heterocycles. The number of piperidine rings is 1. The van der Waals surface area contributed by atoms with Crippen molar-refractivity contribution in [2.75, 3.05) is 19.7 Å². The maximum atomic E-state index is 12.7. The Morgan fingerprint density at radius 3 is 2.80 bits per heavy atom. The quantitative estimate of drug-likeness (QED) is 0.442. The van der Waals surface area contributed by atoms with E-state index in [1.54, 1.807) is 13.1 Å². The molecule has 3 rings (SSSR count). The van der Waals surface area contributed by atoms with E-state index >= 15 is 0 Å². The molecule has 1 aromatic carbocycles. The Kier molecular flexibility index (Phi) is 7.51. The summed E-state index contributed by atoms with van der Waals surface area (Å²) < 4.78 is 5.12. The van der Waals surface area contributed by atoms with Gasteiger partial charge in [0, 0.05) is 19.3 Å². The molecule has 1 fully saturated rings. The van der Waals surface area contributed by atoms with Gasteiger partial charge in [-0.1, -0.05) is 18.2 Å². The van der Waals surface area contributed by atoms with Crippen LogP contribution in [0.4, 0.5) is 0 Å². The smallest absolute Gasteiger partial charge is 0.310 e. The van der Waals surface area contributed by atoms with Crippen LogP contribution in [0.1, 0.15) is 62.3 Å². The molecule has 6 heteroatoms. The summed E-state index contributed by atoms with van der Waals surface area (Å²) in [6.07, 6.45) is 7.84. The van der Waals surface area contributed by atoms with Crippen molar-refractivity contribution in [3.63, 3.8) is 0 Å². The number of carbonyl (C=O) groups excluding carboxylic acids is 2. The lowest BCUT2D eigenvalue weighted by molar-refractivity contribution is -0.149. The van der Waals surface area contributed by atoms with Gasteiger partial charge < -0.3 is 15.0 Å². The normalized spacial score (nSPS) is 20.0. The molecule has 2 atom stereocenters. The lowest BCUT2D eigenvalue weighted by atomic mass is 9.89. The second-order valence-corrected chi connectivity index (χ2v) is 8.17. The monoisotopic (exact) mass is 409 g/mol. The predicted molar refractivity (Wildman–Crippen MR) is 114 cm³/mol. The lowest BCUT2D eigenvalue weighted by Crippen LogP contribution is -2.37. The van der Waals surface area contributed by atoms with E-state index in [2.05, 4.69) is 23.5 Å². The van der Waals surface area contributed by atoms with Crippen molar-refractivity contribution in [1.82, 2.24) is 10.2 Å². The minimum Gasteiger partial charge on any atom is -0.466 e. The average molecular weight is 410 g/mol. The average Bonchev–Trinajstić information content (AvgIpc) is 2.77. The third-order valence-corrected chi connectivity index (χ3v) is 5.97. The fraction of sp³-hybridized carbons (Fsp3) is 0.542. The van der Waals surface area contributed by atoms with Gasteiger partial charge in [-0.05, 0) is 69.1 Å². The summed E-state index contributed by atoms with van der Waals surface area (Å²) in [6, 6.07) is 8.25. The molecule has 1 aliphatic heterocycles. The Labute approximate surface area is 178 Å². The number of aryl methyl sites for hydroxylation is 2. The minimum absolute atomic E-state index is 0.0596. The van der Waals surface area contributed by atoms with E-state index in [0.717, 1.165) is 37.8 Å². The van der Waals surface area contributed by atoms with Crippen LogP contribution in [0, 0.1) is 17.2 Å². The standard InChI is InChI=1S/C24H31N3O3/c1-3-30-24(29)21-9-6-12-27(15-21)16-22(14-25)23(28)26-17(2)19-11-10-18-7-4-5-8-20(18)13-19/h10-11,13,16-17,21H,3-9,12,15H2,1-2H3,(H,26,28)/b22-16-. The molecule has 1 N–H and O–H groups in total. The van der Waals surface area contributed by atoms with Crippen LogP contribution in [0.5, 0.6) is 0 Å². The van der Waals surface area contributed by atoms with E-state index in [1.165, 1.54) is 24.0 Å². The summed E-state index contributed by atoms with van der Waals surface area (Å²) in [5.41, 5.74) is 3.89. The lowest BCUT2D eigenvalue weighted by Gasteiger charge is -2.30. The zero-order valence-corrected chi connectivity index (χ0v) is 17.9. The van der Waals surface area contributed by atoms with Gasteiger partial charge in [0.15, 0.2) is 0 Å². The third-order valence-electron chi connectivity index (χ3n) is 5.97. The van der Waals surface area contributed by atoms with Crippen molar-refractivity contribution in [2.45, 2.75) is 58.4 Å². The van der Waals surface area contributed by atoms with Crippen LogP contribution in [0.3, 0.4) is 0 Å². The Morgan fingerprint density at radius 1 is 1.30 bits per heavy atom. The molecule has 30 heavy (non-hydrogen) atoms. The third kappa shape index (κ3) is 5.41. The van der Waals surface area contributed by atoms with Crippen molar-refractivity contribution in [3.8, 4) is 6.07 Å². The van der Waals surface area contributed by atoms with Gasteiger partial charge in [-0.3, -0.25) is 9.59 Å². The Bertz CT molecular complexity index is 856. The van der Waals surface area contributed by atoms with Gasteiger partial charge in [-0.2, -0.15) is 5.26 Å². The Balaban J connectivity index is 1.64. The van der Waals surface area contributed by atoms with Crippen LogP contribution in [-0.2, 0) is 27.2 Å². The molecule has 1 amide bonds. The molecule has 1 heterocycles. The van der Waals surface area contributed by atoms with Crippen LogP contribution in [0.25, 0.3) is 0 Å². The summed E-state index contributed by atoms with van der Waals surface area (Å²) >= 11 is 0. The number of carbonyl (C=O) groups is 2. The van der Waals surface area contributed by atoms with Crippen LogP contribution in [0.2, 0.25) is 0 Å². The predicted octanol–water partition coefficient (Wildman–Crippen LogP) is 3.43. The van der Waals surface area contributed by atoms with Crippen LogP contribution >= 0.6 is 0 Å². The number of hydrogen-bond donors (Lipinski definition) is 1. The SMILES string of the molecule is CCOC(=O)C1CCCN(/C=C(/C#N)C(=O)NC(C)c2ccc3c(c2)CCCC3)C1. The molecule has 2 unspecified atom stereocenters. The molecular formula is C24H31N3O3. The number of likely N-dealkylation sites (tertiary alicyclic amines) is 1. The van der Waals surface area contributed by atoms with E-state index < -0.39 is 0 Å². The van der Waals surface area contributed by atoms with Gasteiger partial charge in [-0.15, -0.1) is 0 Å². The first-order chi connectivity index (χ1) is 14.5. The fourth-order valence-electron chi connectivity index (χ4n) is 4.28. The number of nitrogens with zero attached hydrogens (tertiary/aromatic N) is 2. The molecule has 0 spiro atoms. The van der Waals surface area contributed by atoms with E-state index in [1.807, 2.05) is 17.9 Å². The van der Waals surface area contributed by atoms with Gasteiger partial charge in [0.25, 0.3) is 5.91 Å². The number of nitriles is 1. The summed E-state index contributed by atoms with van der Waals surface area (Å²) in [5, 5.41) is 12.5. The maximum Gasteiger partial charge on any atom is 0.310 e. The van der Waals surface area contributed by atoms with Gasteiger partial charge in [0.1, 0.15) is 11.6 Å². The molecule has 2 aliphatic rings. The Morgan fingerprint density at radius 2 is 2.07 bits per heavy atom. The number of esters is 1. The number of nitrogens with one attached hydrogen (secondary N) is 1. The first kappa shape index (κ1) is 21.9. The highest BCUT2D eigenvalue weighted by molar-refractivity contribution is 5.97. The van der Waals surface area contributed by atoms with Crippen molar-refractivity contribution in [1.29, 1.82) is 5.26 Å². The molecule has 160 valence electrons. The molecule has 1 aromatic rings. The van der Waals surface area contributed by atoms with Gasteiger partial charge in [0.2, 0.25) is 0 Å². The van der Waals surface area contributed by atoms with Crippen LogP contribution < -0.4 is 5.32 Å². The summed E-state index contributed by atoms with van der Waals surface area (Å²) in [6.45, 7) is 5.28. The van der Waals surface area contributed by atoms with Crippen LogP contribution in [0.15, 0.2) is 30.0 Å². The van der Waals surface area contributed by atoms with Crippen molar-refractivity contribution < 1.29 is 14.3 Å². The van der Waals surface area contributed by atoms with Gasteiger partial charge in [-0.25, -0.2) is 0 Å². The molecule has 6 nitrogen and oxygen atoms in total. The Hall–Kier alpha value is -2.81. The number of amides is 1. The summed E-state index contributed by atoms with van der Waals surface area (Å²) in [5.74, 6) is -0.812. The molecular weight excluding hydrogens is 378 g/mol. The second kappa shape index (κ2) is 10.3. The first-order valence-corrected chi connectivity index (χ1v) is 11.0. The highest BCUT2D eigenvalue weighted by Gasteiger charge is 2.26. The zero-order valence-electron chi connectivity index (χ0n) is 17.9. The highest BCUT2D eigenvalue weighted by Crippen LogP contribution is 2.25. The van der Waals surface area contributed by atoms with Gasteiger partial charge in [0.05, 0.1) is 18.6 Å². The number of hydrogen-bond acceptors (Lipinski definition) is 5. The van der Waals surface area contributed by atoms with E-state index in [0.29, 0.717) is 13.2 Å². The summed E-state index contributed by atoms with van der Waals surface area (Å²) in [4.78, 5) is 26.6. The largest absolute Gasteiger partial charge is 0.466 e. The van der Waals surface area contributed by atoms with E-state index in [4.69, 9.17) is 4.74 Å². The topological polar surface area (TPSA) is 82.4 Å². The highest BCUT2D eigenvalue weighted by atomic mass is 16.5. The van der Waals surface area contributed by atoms with Crippen molar-refractivity contribution in [3.05, 3.63) is 46.7 Å². The molecule has 0 radical (unpaired) electrons. The molecule has 1 aliphatic carbocycles. The van der Waals surface area contributed by atoms with Crippen molar-refractivity contribution >= 4 is 11.9 Å². The maximum absolute atomic E-state index is 12.7. The summed E-state index contributed by atoms with van der Waals surface area (Å²) in [7, 11) is 0. The number of ether oxygens (including phenoxy) is 1. The second-order valence-electron chi connectivity index (χ2n) is 8.17. The van der Waals surface area contributed by atoms with Crippen LogP contribution in [-0.4, -0.2) is 36.5 Å². The fourth-order valence-corrected chi connectivity index (χ4v) is 4.28. The zero-order chi connectivity index (χ0) is 21.5. The number of rotatable bonds is 6. The van der Waals surface area contributed by atoms with E-state index in [-0.39, 0.29) is 29.4 Å². The number of fused-ring (bicyclic) bond motifs is 1. The van der Waals surface area contributed by atoms with Gasteiger partial charge >= 0.3 is 5.97 Å². The molecule has 0 bridgehead atoms.